The van der Waals surface area contributed by atoms with Crippen LogP contribution < -0.4 is 14.9 Å². The van der Waals surface area contributed by atoms with E-state index >= 15 is 0 Å². The van der Waals surface area contributed by atoms with E-state index in [2.05, 4.69) is 18.8 Å². The first-order chi connectivity index (χ1) is 6.60. The van der Waals surface area contributed by atoms with Crippen molar-refractivity contribution in [1.82, 2.24) is 4.98 Å². The van der Waals surface area contributed by atoms with Crippen molar-refractivity contribution in [2.45, 2.75) is 19.8 Å². The van der Waals surface area contributed by atoms with Gasteiger partial charge in [0.1, 0.15) is 7.85 Å². The molecule has 0 saturated heterocycles. The van der Waals surface area contributed by atoms with Gasteiger partial charge in [0, 0.05) is 5.69 Å². The van der Waals surface area contributed by atoms with E-state index in [0.29, 0.717) is 17.5 Å². The topological polar surface area (TPSA) is 31.4 Å². The van der Waals surface area contributed by atoms with Crippen LogP contribution in [-0.4, -0.2) is 27.0 Å². The predicted molar refractivity (Wildman–Crippen MR) is 59.6 cm³/mol. The van der Waals surface area contributed by atoms with Crippen LogP contribution in [0.5, 0.6) is 11.6 Å². The van der Waals surface area contributed by atoms with Crippen molar-refractivity contribution < 1.29 is 9.47 Å². The van der Waals surface area contributed by atoms with E-state index in [1.807, 2.05) is 13.9 Å². The van der Waals surface area contributed by atoms with Gasteiger partial charge in [-0.25, -0.2) is 4.98 Å². The van der Waals surface area contributed by atoms with E-state index in [-0.39, 0.29) is 0 Å². The zero-order chi connectivity index (χ0) is 10.7. The Bertz CT molecular complexity index is 326. The molecular formula is C10H16BNO2. The number of aromatic nitrogens is 1. The fourth-order valence-corrected chi connectivity index (χ4v) is 1.46. The summed E-state index contributed by atoms with van der Waals surface area (Å²) in [6.07, 6.45) is 0. The summed E-state index contributed by atoms with van der Waals surface area (Å²) in [6, 6.07) is 1.96. The first kappa shape index (κ1) is 10.9. The van der Waals surface area contributed by atoms with Crippen LogP contribution in [0.25, 0.3) is 0 Å². The Morgan fingerprint density at radius 2 is 1.93 bits per heavy atom. The first-order valence-corrected chi connectivity index (χ1v) is 4.69. The highest BCUT2D eigenvalue weighted by molar-refractivity contribution is 6.33. The number of methoxy groups -OCH3 is 2. The quantitative estimate of drug-likeness (QED) is 0.654. The minimum atomic E-state index is 0.398. The molecule has 0 aliphatic carbocycles. The fraction of sp³-hybridized carbons (Fsp3) is 0.500. The third kappa shape index (κ3) is 2.00. The van der Waals surface area contributed by atoms with Gasteiger partial charge >= 0.3 is 0 Å². The maximum Gasteiger partial charge on any atom is 0.256 e. The van der Waals surface area contributed by atoms with E-state index in [9.17, 15) is 0 Å². The molecule has 1 rings (SSSR count). The zero-order valence-electron chi connectivity index (χ0n) is 9.42. The highest BCUT2D eigenvalue weighted by Crippen LogP contribution is 2.24. The molecule has 1 aromatic rings. The van der Waals surface area contributed by atoms with Gasteiger partial charge in [0.25, 0.3) is 5.88 Å². The van der Waals surface area contributed by atoms with Crippen molar-refractivity contribution in [3.05, 3.63) is 11.8 Å². The molecule has 14 heavy (non-hydrogen) atoms. The second-order valence-electron chi connectivity index (χ2n) is 3.56. The average molecular weight is 193 g/mol. The lowest BCUT2D eigenvalue weighted by atomic mass is 9.89. The molecule has 0 fully saturated rings. The molecule has 1 aromatic heterocycles. The van der Waals surface area contributed by atoms with Gasteiger partial charge in [-0.2, -0.15) is 0 Å². The molecule has 0 bridgehead atoms. The number of nitrogens with zero attached hydrogens (tertiary/aromatic N) is 1. The van der Waals surface area contributed by atoms with Crippen LogP contribution >= 0.6 is 0 Å². The van der Waals surface area contributed by atoms with E-state index in [4.69, 9.17) is 9.47 Å². The molecule has 0 unspecified atom stereocenters. The van der Waals surface area contributed by atoms with Crippen LogP contribution in [0.15, 0.2) is 6.07 Å². The third-order valence-electron chi connectivity index (χ3n) is 2.14. The molecule has 0 radical (unpaired) electrons. The summed E-state index contributed by atoms with van der Waals surface area (Å²) in [5, 5.41) is 0. The summed E-state index contributed by atoms with van der Waals surface area (Å²) >= 11 is 0. The Kier molecular flexibility index (Phi) is 3.39. The van der Waals surface area contributed by atoms with Crippen molar-refractivity contribution in [2.24, 2.45) is 0 Å². The predicted octanol–water partition coefficient (Wildman–Crippen LogP) is 0.481. The molecule has 3 nitrogen and oxygen atoms in total. The van der Waals surface area contributed by atoms with Crippen LogP contribution in [0, 0.1) is 0 Å². The minimum Gasteiger partial charge on any atom is -0.491 e. The SMILES string of the molecule is Bc1cc(OC)c(OC)nc1C(C)C. The summed E-state index contributed by atoms with van der Waals surface area (Å²) in [4.78, 5) is 4.41. The normalized spacial score (nSPS) is 10.4. The second kappa shape index (κ2) is 4.35. The number of ether oxygens (including phenoxy) is 2. The maximum atomic E-state index is 5.16. The molecule has 0 aromatic carbocycles. The molecule has 0 spiro atoms. The summed E-state index contributed by atoms with van der Waals surface area (Å²) in [6.45, 7) is 4.22. The lowest BCUT2D eigenvalue weighted by Gasteiger charge is -2.13. The molecule has 4 heteroatoms. The Hall–Kier alpha value is -1.19. The molecule has 0 aliphatic heterocycles. The number of hydrogen-bond donors (Lipinski definition) is 0. The second-order valence-corrected chi connectivity index (χ2v) is 3.56. The number of hydrogen-bond acceptors (Lipinski definition) is 3. The van der Waals surface area contributed by atoms with Crippen LogP contribution in [0.4, 0.5) is 0 Å². The molecule has 0 aliphatic rings. The summed E-state index contributed by atoms with van der Waals surface area (Å²) < 4.78 is 10.3. The van der Waals surface area contributed by atoms with E-state index < -0.39 is 0 Å². The van der Waals surface area contributed by atoms with Crippen LogP contribution in [-0.2, 0) is 0 Å². The van der Waals surface area contributed by atoms with E-state index in [1.165, 1.54) is 0 Å². The van der Waals surface area contributed by atoms with Crippen LogP contribution in [0.2, 0.25) is 0 Å². The van der Waals surface area contributed by atoms with Gasteiger partial charge in [0.15, 0.2) is 5.75 Å². The molecular weight excluding hydrogens is 177 g/mol. The van der Waals surface area contributed by atoms with Gasteiger partial charge in [0.05, 0.1) is 14.2 Å². The maximum absolute atomic E-state index is 5.16. The van der Waals surface area contributed by atoms with Crippen LogP contribution in [0.3, 0.4) is 0 Å². The first-order valence-electron chi connectivity index (χ1n) is 4.69. The molecule has 0 amide bonds. The van der Waals surface area contributed by atoms with Gasteiger partial charge in [-0.15, -0.1) is 0 Å². The lowest BCUT2D eigenvalue weighted by Crippen LogP contribution is -2.15. The summed E-state index contributed by atoms with van der Waals surface area (Å²) in [5.74, 6) is 1.64. The average Bonchev–Trinajstić information content (AvgIpc) is 2.16. The molecule has 1 heterocycles. The van der Waals surface area contributed by atoms with Crippen molar-refractivity contribution in [3.63, 3.8) is 0 Å². The van der Waals surface area contributed by atoms with Gasteiger partial charge in [-0.05, 0) is 12.0 Å². The zero-order valence-corrected chi connectivity index (χ0v) is 9.42. The standard InChI is InChI=1S/C10H16BNO2/c1-6(2)9-7(11)5-8(13-3)10(12-9)14-4/h5-6H,11H2,1-4H3. The fourth-order valence-electron chi connectivity index (χ4n) is 1.46. The monoisotopic (exact) mass is 193 g/mol. The Morgan fingerprint density at radius 3 is 2.36 bits per heavy atom. The summed E-state index contributed by atoms with van der Waals surface area (Å²) in [5.41, 5.74) is 2.19. The summed E-state index contributed by atoms with van der Waals surface area (Å²) in [7, 11) is 5.25. The van der Waals surface area contributed by atoms with Gasteiger partial charge in [-0.1, -0.05) is 19.3 Å². The Labute approximate surface area is 85.9 Å². The largest absolute Gasteiger partial charge is 0.491 e. The number of pyridine rings is 1. The Balaban J connectivity index is 3.23. The van der Waals surface area contributed by atoms with Crippen LogP contribution in [0.1, 0.15) is 25.5 Å². The van der Waals surface area contributed by atoms with Crippen molar-refractivity contribution in [2.75, 3.05) is 14.2 Å². The highest BCUT2D eigenvalue weighted by atomic mass is 16.5. The Morgan fingerprint density at radius 1 is 1.29 bits per heavy atom. The van der Waals surface area contributed by atoms with Gasteiger partial charge in [0.2, 0.25) is 0 Å². The van der Waals surface area contributed by atoms with Gasteiger partial charge < -0.3 is 9.47 Å². The highest BCUT2D eigenvalue weighted by Gasteiger charge is 2.12. The molecule has 0 atom stereocenters. The molecule has 76 valence electrons. The van der Waals surface area contributed by atoms with Gasteiger partial charge in [-0.3, -0.25) is 0 Å². The lowest BCUT2D eigenvalue weighted by molar-refractivity contribution is 0.342. The van der Waals surface area contributed by atoms with E-state index in [0.717, 1.165) is 11.2 Å². The third-order valence-corrected chi connectivity index (χ3v) is 2.14. The molecule has 0 saturated carbocycles. The van der Waals surface area contributed by atoms with Crippen molar-refractivity contribution in [1.29, 1.82) is 0 Å². The van der Waals surface area contributed by atoms with E-state index in [1.54, 1.807) is 14.2 Å². The smallest absolute Gasteiger partial charge is 0.256 e. The van der Waals surface area contributed by atoms with Crippen molar-refractivity contribution >= 4 is 13.3 Å². The number of rotatable bonds is 3. The minimum absolute atomic E-state index is 0.398. The molecule has 0 N–H and O–H groups in total. The van der Waals surface area contributed by atoms with Crippen molar-refractivity contribution in [3.8, 4) is 11.6 Å².